The van der Waals surface area contributed by atoms with E-state index < -0.39 is 6.04 Å². The van der Waals surface area contributed by atoms with Crippen molar-refractivity contribution < 1.29 is 13.6 Å². The Morgan fingerprint density at radius 3 is 2.84 bits per heavy atom. The van der Waals surface area contributed by atoms with Crippen LogP contribution in [0.4, 0.5) is 10.1 Å². The molecular formula is C21H20FN7O2. The van der Waals surface area contributed by atoms with Crippen molar-refractivity contribution in [3.63, 3.8) is 0 Å². The minimum atomic E-state index is -0.422. The highest BCUT2D eigenvalue weighted by atomic mass is 19.1. The maximum Gasteiger partial charge on any atom is 0.255 e. The molecule has 10 heteroatoms. The highest BCUT2D eigenvalue weighted by Gasteiger charge is 2.21. The maximum atomic E-state index is 13.7. The number of fused-ring (bicyclic) bond motifs is 1. The Morgan fingerprint density at radius 1 is 1.29 bits per heavy atom. The molecule has 0 spiro atoms. The van der Waals surface area contributed by atoms with Crippen LogP contribution in [0, 0.1) is 5.82 Å². The summed E-state index contributed by atoms with van der Waals surface area (Å²) in [6, 6.07) is 3.94. The van der Waals surface area contributed by atoms with Crippen LogP contribution in [0.2, 0.25) is 0 Å². The number of aromatic nitrogens is 4. The van der Waals surface area contributed by atoms with E-state index in [1.165, 1.54) is 24.6 Å². The third-order valence-corrected chi connectivity index (χ3v) is 4.77. The summed E-state index contributed by atoms with van der Waals surface area (Å²) in [6.45, 7) is 1.77. The number of anilines is 1. The van der Waals surface area contributed by atoms with Gasteiger partial charge in [0.1, 0.15) is 29.3 Å². The van der Waals surface area contributed by atoms with Gasteiger partial charge in [-0.25, -0.2) is 19.3 Å². The predicted molar refractivity (Wildman–Crippen MR) is 114 cm³/mol. The number of oxazole rings is 1. The zero-order valence-electron chi connectivity index (χ0n) is 17.1. The summed E-state index contributed by atoms with van der Waals surface area (Å²) >= 11 is 0. The largest absolute Gasteiger partial charge is 0.447 e. The van der Waals surface area contributed by atoms with Gasteiger partial charge < -0.3 is 20.0 Å². The van der Waals surface area contributed by atoms with Crippen molar-refractivity contribution in [3.8, 4) is 0 Å². The van der Waals surface area contributed by atoms with Gasteiger partial charge in [0.25, 0.3) is 5.91 Å². The van der Waals surface area contributed by atoms with Gasteiger partial charge in [0.15, 0.2) is 5.65 Å². The van der Waals surface area contributed by atoms with E-state index in [4.69, 9.17) is 4.42 Å². The molecule has 0 fully saturated rings. The zero-order valence-corrected chi connectivity index (χ0v) is 17.1. The van der Waals surface area contributed by atoms with Gasteiger partial charge in [-0.3, -0.25) is 9.79 Å². The molecule has 3 N–H and O–H groups in total. The fourth-order valence-corrected chi connectivity index (χ4v) is 3.27. The van der Waals surface area contributed by atoms with Gasteiger partial charge in [0, 0.05) is 31.5 Å². The van der Waals surface area contributed by atoms with Gasteiger partial charge in [0.2, 0.25) is 5.89 Å². The Kier molecular flexibility index (Phi) is 5.44. The lowest BCUT2D eigenvalue weighted by atomic mass is 10.0. The molecule has 1 atom stereocenters. The molecule has 3 aromatic heterocycles. The number of carbonyl (C=O) groups is 1. The number of aromatic amines is 1. The summed E-state index contributed by atoms with van der Waals surface area (Å²) in [4.78, 5) is 33.2. The van der Waals surface area contributed by atoms with E-state index in [1.54, 1.807) is 39.5 Å². The van der Waals surface area contributed by atoms with Crippen molar-refractivity contribution in [1.82, 2.24) is 25.3 Å². The number of hydrogen-bond acceptors (Lipinski definition) is 7. The van der Waals surface area contributed by atoms with Crippen molar-refractivity contribution in [2.45, 2.75) is 13.0 Å². The summed E-state index contributed by atoms with van der Waals surface area (Å²) in [6.07, 6.45) is 6.07. The van der Waals surface area contributed by atoms with Crippen molar-refractivity contribution in [2.75, 3.05) is 19.4 Å². The SMILES string of the molecule is C/N=C(/c1cnc2[nH]cc(C(=O)N[C@@H](C)c3ncco3)c2n1)c1ccc(F)cc1NC. The fourth-order valence-electron chi connectivity index (χ4n) is 3.27. The third kappa shape index (κ3) is 3.87. The number of amides is 1. The van der Waals surface area contributed by atoms with Gasteiger partial charge in [0.05, 0.1) is 23.7 Å². The Balaban J connectivity index is 1.70. The average molecular weight is 421 g/mol. The lowest BCUT2D eigenvalue weighted by Gasteiger charge is -2.12. The van der Waals surface area contributed by atoms with Gasteiger partial charge in [-0.15, -0.1) is 0 Å². The molecule has 0 bridgehead atoms. The second-order valence-electron chi connectivity index (χ2n) is 6.73. The predicted octanol–water partition coefficient (Wildman–Crippen LogP) is 3.08. The molecule has 0 aliphatic carbocycles. The first-order chi connectivity index (χ1) is 15.0. The monoisotopic (exact) mass is 421 g/mol. The quantitative estimate of drug-likeness (QED) is 0.412. The molecule has 9 nitrogen and oxygen atoms in total. The van der Waals surface area contributed by atoms with E-state index in [9.17, 15) is 9.18 Å². The van der Waals surface area contributed by atoms with Crippen molar-refractivity contribution in [3.05, 3.63) is 71.6 Å². The number of benzene rings is 1. The van der Waals surface area contributed by atoms with Crippen molar-refractivity contribution in [2.24, 2.45) is 4.99 Å². The molecule has 0 radical (unpaired) electrons. The van der Waals surface area contributed by atoms with Crippen LogP contribution in [0.5, 0.6) is 0 Å². The van der Waals surface area contributed by atoms with E-state index in [0.717, 1.165) is 0 Å². The fraction of sp³-hybridized carbons (Fsp3) is 0.190. The molecule has 0 aliphatic rings. The van der Waals surface area contributed by atoms with Crippen LogP contribution in [0.1, 0.15) is 40.5 Å². The Bertz CT molecular complexity index is 1260. The first-order valence-corrected chi connectivity index (χ1v) is 9.51. The first-order valence-electron chi connectivity index (χ1n) is 9.51. The second-order valence-corrected chi connectivity index (χ2v) is 6.73. The molecule has 1 amide bonds. The number of carbonyl (C=O) groups excluding carboxylic acids is 1. The Hall–Kier alpha value is -4.08. The molecule has 4 rings (SSSR count). The van der Waals surface area contributed by atoms with E-state index in [2.05, 4.69) is 35.6 Å². The highest BCUT2D eigenvalue weighted by molar-refractivity contribution is 6.15. The first kappa shape index (κ1) is 20.2. The van der Waals surface area contributed by atoms with E-state index in [-0.39, 0.29) is 11.7 Å². The molecule has 1 aromatic carbocycles. The minimum absolute atomic E-state index is 0.325. The molecule has 4 aromatic rings. The number of hydrogen-bond donors (Lipinski definition) is 3. The molecule has 3 heterocycles. The van der Waals surface area contributed by atoms with Gasteiger partial charge in [-0.05, 0) is 25.1 Å². The number of aliphatic imine (C=N–C) groups is 1. The van der Waals surface area contributed by atoms with Gasteiger partial charge in [-0.2, -0.15) is 0 Å². The highest BCUT2D eigenvalue weighted by Crippen LogP contribution is 2.22. The zero-order chi connectivity index (χ0) is 22.0. The smallest absolute Gasteiger partial charge is 0.255 e. The second kappa shape index (κ2) is 8.34. The van der Waals surface area contributed by atoms with Gasteiger partial charge in [-0.1, -0.05) is 0 Å². The molecule has 158 valence electrons. The lowest BCUT2D eigenvalue weighted by molar-refractivity contribution is 0.0935. The Morgan fingerprint density at radius 2 is 2.13 bits per heavy atom. The third-order valence-electron chi connectivity index (χ3n) is 4.77. The summed E-state index contributed by atoms with van der Waals surface area (Å²) in [5.41, 5.74) is 3.37. The summed E-state index contributed by atoms with van der Waals surface area (Å²) in [5.74, 6) is -0.317. The van der Waals surface area contributed by atoms with E-state index in [1.807, 2.05) is 0 Å². The average Bonchev–Trinajstić information content (AvgIpc) is 3.45. The van der Waals surface area contributed by atoms with Crippen LogP contribution in [0.3, 0.4) is 0 Å². The van der Waals surface area contributed by atoms with Crippen molar-refractivity contribution in [1.29, 1.82) is 0 Å². The number of H-pyrrole nitrogens is 1. The molecule has 31 heavy (non-hydrogen) atoms. The van der Waals surface area contributed by atoms with Crippen LogP contribution >= 0.6 is 0 Å². The lowest BCUT2D eigenvalue weighted by Crippen LogP contribution is -2.26. The molecule has 0 saturated heterocycles. The summed E-state index contributed by atoms with van der Waals surface area (Å²) in [7, 11) is 3.32. The van der Waals surface area contributed by atoms with E-state index >= 15 is 0 Å². The summed E-state index contributed by atoms with van der Waals surface area (Å²) in [5, 5.41) is 5.79. The Labute approximate surface area is 176 Å². The number of nitrogens with zero attached hydrogens (tertiary/aromatic N) is 4. The van der Waals surface area contributed by atoms with Crippen LogP contribution in [0.25, 0.3) is 11.2 Å². The number of rotatable bonds is 6. The number of halogens is 1. The van der Waals surface area contributed by atoms with Crippen LogP contribution in [0.15, 0.2) is 52.5 Å². The van der Waals surface area contributed by atoms with Crippen molar-refractivity contribution >= 4 is 28.5 Å². The molecule has 0 saturated carbocycles. The van der Waals surface area contributed by atoms with Gasteiger partial charge >= 0.3 is 0 Å². The molecule has 0 aliphatic heterocycles. The standard InChI is InChI=1S/C21H20FN7O2/c1-11(21-25-6-7-31-21)28-20(30)14-9-26-19-18(14)29-16(10-27-19)17(24-3)13-5-4-12(22)8-15(13)23-2/h4-11,23H,1-3H3,(H,26,27)(H,28,30)/b24-17+/t11-/m0/s1. The minimum Gasteiger partial charge on any atom is -0.447 e. The number of nitrogens with one attached hydrogen (secondary N) is 3. The topological polar surface area (TPSA) is 121 Å². The maximum absolute atomic E-state index is 13.7. The van der Waals surface area contributed by atoms with Crippen LogP contribution in [-0.2, 0) is 0 Å². The van der Waals surface area contributed by atoms with Crippen LogP contribution < -0.4 is 10.6 Å². The van der Waals surface area contributed by atoms with Crippen LogP contribution in [-0.4, -0.2) is 45.7 Å². The summed E-state index contributed by atoms with van der Waals surface area (Å²) < 4.78 is 18.9. The normalized spacial score (nSPS) is 12.7. The molecule has 0 unspecified atom stereocenters. The molecular weight excluding hydrogens is 401 g/mol. The van der Waals surface area contributed by atoms with E-state index in [0.29, 0.717) is 45.3 Å².